The number of hydrogen-bond donors (Lipinski definition) is 2. The summed E-state index contributed by atoms with van der Waals surface area (Å²) in [5.41, 5.74) is 1.19. The van der Waals surface area contributed by atoms with Crippen molar-refractivity contribution in [2.45, 2.75) is 12.5 Å². The van der Waals surface area contributed by atoms with Gasteiger partial charge in [-0.25, -0.2) is 0 Å². The zero-order chi connectivity index (χ0) is 9.80. The molecule has 1 saturated heterocycles. The lowest BCUT2D eigenvalue weighted by atomic mass is 10.2. The highest BCUT2D eigenvalue weighted by Crippen LogP contribution is 2.16. The molecular weight excluding hydrogens is 176 g/mol. The summed E-state index contributed by atoms with van der Waals surface area (Å²) in [5, 5.41) is 5.85. The zero-order valence-electron chi connectivity index (χ0n) is 8.49. The summed E-state index contributed by atoms with van der Waals surface area (Å²) >= 11 is 0. The number of ether oxygens (including phenoxy) is 1. The van der Waals surface area contributed by atoms with Gasteiger partial charge in [-0.05, 0) is 24.3 Å². The van der Waals surface area contributed by atoms with Crippen LogP contribution in [0.4, 0.5) is 5.69 Å². The van der Waals surface area contributed by atoms with Gasteiger partial charge in [0.25, 0.3) is 0 Å². The largest absolute Gasteiger partial charge is 0.497 e. The highest BCUT2D eigenvalue weighted by Gasteiger charge is 2.16. The molecule has 3 nitrogen and oxygen atoms in total. The predicted molar refractivity (Wildman–Crippen MR) is 56.7 cm³/mol. The third-order valence-corrected chi connectivity index (χ3v) is 2.63. The molecule has 3 heteroatoms. The van der Waals surface area contributed by atoms with E-state index >= 15 is 0 Å². The quantitative estimate of drug-likeness (QED) is 0.731. The maximum absolute atomic E-state index is 5.11. The van der Waals surface area contributed by atoms with E-state index < -0.39 is 0 Å². The summed E-state index contributed by atoms with van der Waals surface area (Å²) in [4.78, 5) is 0. The fourth-order valence-electron chi connectivity index (χ4n) is 1.81. The third-order valence-electron chi connectivity index (χ3n) is 2.63. The van der Waals surface area contributed by atoms with Crippen molar-refractivity contribution in [1.29, 1.82) is 0 Å². The Kier molecular flexibility index (Phi) is 2.89. The van der Waals surface area contributed by atoms with E-state index in [-0.39, 0.29) is 0 Å². The van der Waals surface area contributed by atoms with Crippen LogP contribution in [0.25, 0.3) is 0 Å². The van der Waals surface area contributed by atoms with E-state index in [0.717, 1.165) is 5.75 Å². The van der Waals surface area contributed by atoms with Crippen LogP contribution in [0.3, 0.4) is 0 Å². The molecule has 1 atom stereocenters. The number of nitrogens with one attached hydrogen (secondary N) is 1. The first-order valence-electron chi connectivity index (χ1n) is 5.11. The molecule has 1 aromatic carbocycles. The molecule has 1 aliphatic rings. The molecule has 0 spiro atoms. The molecule has 0 amide bonds. The van der Waals surface area contributed by atoms with Gasteiger partial charge in [-0.15, -0.1) is 0 Å². The van der Waals surface area contributed by atoms with E-state index in [9.17, 15) is 0 Å². The van der Waals surface area contributed by atoms with Gasteiger partial charge in [0, 0.05) is 12.1 Å². The van der Waals surface area contributed by atoms with E-state index in [1.807, 2.05) is 12.1 Å². The second kappa shape index (κ2) is 4.33. The Balaban J connectivity index is 1.95. The number of benzene rings is 1. The molecule has 76 valence electrons. The molecule has 1 heterocycles. The molecule has 0 unspecified atom stereocenters. The van der Waals surface area contributed by atoms with Crippen molar-refractivity contribution in [1.82, 2.24) is 0 Å². The van der Waals surface area contributed by atoms with Gasteiger partial charge >= 0.3 is 0 Å². The number of hydrogen-bond acceptors (Lipinski definition) is 2. The Labute approximate surface area is 84.5 Å². The smallest absolute Gasteiger partial charge is 0.119 e. The molecule has 0 aromatic heterocycles. The molecule has 3 N–H and O–H groups in total. The Morgan fingerprint density at radius 3 is 2.71 bits per heavy atom. The summed E-state index contributed by atoms with van der Waals surface area (Å²) in [7, 11) is 1.69. The maximum atomic E-state index is 5.11. The number of anilines is 1. The summed E-state index contributed by atoms with van der Waals surface area (Å²) in [6.07, 6.45) is 1.26. The van der Waals surface area contributed by atoms with Gasteiger partial charge in [0.15, 0.2) is 0 Å². The molecule has 14 heavy (non-hydrogen) atoms. The van der Waals surface area contributed by atoms with Crippen LogP contribution in [0.5, 0.6) is 5.75 Å². The second-order valence-electron chi connectivity index (χ2n) is 3.67. The number of quaternary nitrogens is 1. The second-order valence-corrected chi connectivity index (χ2v) is 3.67. The van der Waals surface area contributed by atoms with Gasteiger partial charge in [0.05, 0.1) is 26.2 Å². The fraction of sp³-hybridized carbons (Fsp3) is 0.455. The normalized spacial score (nSPS) is 20.8. The molecule has 1 aromatic rings. The van der Waals surface area contributed by atoms with E-state index in [4.69, 9.17) is 4.74 Å². The summed E-state index contributed by atoms with van der Waals surface area (Å²) < 4.78 is 5.11. The average molecular weight is 193 g/mol. The molecular formula is C11H17N2O+. The van der Waals surface area contributed by atoms with Crippen molar-refractivity contribution in [2.75, 3.05) is 25.5 Å². The molecule has 1 aliphatic heterocycles. The van der Waals surface area contributed by atoms with Gasteiger partial charge in [-0.2, -0.15) is 0 Å². The van der Waals surface area contributed by atoms with Crippen LogP contribution in [0.15, 0.2) is 24.3 Å². The predicted octanol–water partition coefficient (Wildman–Crippen LogP) is 0.443. The van der Waals surface area contributed by atoms with Crippen LogP contribution in [0.1, 0.15) is 6.42 Å². The number of nitrogens with two attached hydrogens (primary N) is 1. The van der Waals surface area contributed by atoms with Crippen molar-refractivity contribution >= 4 is 5.69 Å². The zero-order valence-corrected chi connectivity index (χ0v) is 8.49. The van der Waals surface area contributed by atoms with Crippen LogP contribution < -0.4 is 15.4 Å². The lowest BCUT2D eigenvalue weighted by Gasteiger charge is -2.10. The molecule has 2 rings (SSSR count). The summed E-state index contributed by atoms with van der Waals surface area (Å²) in [6, 6.07) is 8.74. The first-order valence-corrected chi connectivity index (χ1v) is 5.11. The average Bonchev–Trinajstić information content (AvgIpc) is 2.72. The molecule has 0 radical (unpaired) electrons. The van der Waals surface area contributed by atoms with Crippen molar-refractivity contribution < 1.29 is 10.1 Å². The highest BCUT2D eigenvalue weighted by molar-refractivity contribution is 5.47. The van der Waals surface area contributed by atoms with Crippen molar-refractivity contribution in [3.63, 3.8) is 0 Å². The van der Waals surface area contributed by atoms with Crippen LogP contribution in [-0.2, 0) is 0 Å². The van der Waals surface area contributed by atoms with Crippen molar-refractivity contribution in [3.8, 4) is 5.75 Å². The Hall–Kier alpha value is -1.22. The molecule has 0 saturated carbocycles. The molecule has 0 aliphatic carbocycles. The monoisotopic (exact) mass is 193 g/mol. The van der Waals surface area contributed by atoms with E-state index in [1.54, 1.807) is 7.11 Å². The first kappa shape index (κ1) is 9.34. The third kappa shape index (κ3) is 2.17. The minimum Gasteiger partial charge on any atom is -0.497 e. The van der Waals surface area contributed by atoms with Crippen molar-refractivity contribution in [3.05, 3.63) is 24.3 Å². The molecule has 1 fully saturated rings. The van der Waals surface area contributed by atoms with Crippen LogP contribution in [0.2, 0.25) is 0 Å². The minimum atomic E-state index is 0.628. The van der Waals surface area contributed by atoms with Gasteiger partial charge < -0.3 is 15.4 Å². The van der Waals surface area contributed by atoms with Crippen LogP contribution in [0, 0.1) is 0 Å². The number of methoxy groups -OCH3 is 1. The maximum Gasteiger partial charge on any atom is 0.119 e. The standard InChI is InChI=1S/C11H16N2O/c1-14-11-4-2-9(3-5-11)13-10-6-7-12-8-10/h2-5,10,12-13H,6-8H2,1H3/p+1/t10-/m1/s1. The highest BCUT2D eigenvalue weighted by atomic mass is 16.5. The SMILES string of the molecule is COc1ccc(N[C@@H]2CC[NH2+]C2)cc1. The lowest BCUT2D eigenvalue weighted by molar-refractivity contribution is -0.636. The first-order chi connectivity index (χ1) is 6.88. The van der Waals surface area contributed by atoms with Gasteiger partial charge in [-0.3, -0.25) is 0 Å². The Morgan fingerprint density at radius 1 is 1.36 bits per heavy atom. The van der Waals surface area contributed by atoms with Crippen LogP contribution >= 0.6 is 0 Å². The van der Waals surface area contributed by atoms with Gasteiger partial charge in [0.2, 0.25) is 0 Å². The Bertz CT molecular complexity index is 278. The summed E-state index contributed by atoms with van der Waals surface area (Å²) in [5.74, 6) is 0.911. The van der Waals surface area contributed by atoms with E-state index in [1.165, 1.54) is 25.2 Å². The van der Waals surface area contributed by atoms with E-state index in [0.29, 0.717) is 6.04 Å². The van der Waals surface area contributed by atoms with Crippen LogP contribution in [-0.4, -0.2) is 26.2 Å². The van der Waals surface area contributed by atoms with Gasteiger partial charge in [-0.1, -0.05) is 0 Å². The summed E-state index contributed by atoms with van der Waals surface area (Å²) in [6.45, 7) is 2.43. The van der Waals surface area contributed by atoms with E-state index in [2.05, 4.69) is 22.8 Å². The molecule has 0 bridgehead atoms. The topological polar surface area (TPSA) is 37.9 Å². The minimum absolute atomic E-state index is 0.628. The van der Waals surface area contributed by atoms with Gasteiger partial charge in [0.1, 0.15) is 5.75 Å². The number of rotatable bonds is 3. The lowest BCUT2D eigenvalue weighted by Crippen LogP contribution is -2.81. The fourth-order valence-corrected chi connectivity index (χ4v) is 1.81. The Morgan fingerprint density at radius 2 is 2.14 bits per heavy atom. The van der Waals surface area contributed by atoms with Crippen molar-refractivity contribution in [2.24, 2.45) is 0 Å².